The maximum absolute atomic E-state index is 12.9. The first-order valence-electron chi connectivity index (χ1n) is 3.34. The Bertz CT molecular complexity index is 470. The van der Waals surface area contributed by atoms with Crippen LogP contribution in [-0.2, 0) is 0 Å². The molecule has 0 saturated heterocycles. The Kier molecular flexibility index (Phi) is 1.26. The van der Waals surface area contributed by atoms with Gasteiger partial charge in [0.2, 0.25) is 0 Å². The Morgan fingerprint density at radius 1 is 1.09 bits per heavy atom. The molecule has 0 atom stereocenters. The van der Waals surface area contributed by atoms with Crippen molar-refractivity contribution in [1.82, 2.24) is 0 Å². The van der Waals surface area contributed by atoms with Crippen LogP contribution in [0.4, 0.5) is 4.39 Å². The summed E-state index contributed by atoms with van der Waals surface area (Å²) in [6.45, 7) is 0. The number of halogens is 1. The van der Waals surface area contributed by atoms with Crippen LogP contribution in [-0.4, -0.2) is 0 Å². The zero-order valence-corrected chi connectivity index (χ0v) is 5.76. The van der Waals surface area contributed by atoms with Gasteiger partial charge in [0.1, 0.15) is 5.82 Å². The molecule has 52 valence electrons. The maximum atomic E-state index is 12.9. The summed E-state index contributed by atoms with van der Waals surface area (Å²) in [5.74, 6) is -0.237. The summed E-state index contributed by atoms with van der Waals surface area (Å²) in [5, 5.41) is 1.28. The number of fused-ring (bicyclic) bond motifs is 1. The van der Waals surface area contributed by atoms with Crippen LogP contribution in [0.15, 0.2) is 30.4 Å². The smallest absolute Gasteiger partial charge is 0.139 e. The quantitative estimate of drug-likeness (QED) is 0.503. The van der Waals surface area contributed by atoms with E-state index >= 15 is 0 Å². The lowest BCUT2D eigenvalue weighted by Gasteiger charge is -1.88. The Labute approximate surface area is 63.3 Å². The molecule has 0 unspecified atom stereocenters. The first kappa shape index (κ1) is 6.18. The van der Waals surface area contributed by atoms with Crippen LogP contribution in [0.3, 0.4) is 0 Å². The molecule has 1 aliphatic carbocycles. The molecule has 1 aromatic carbocycles. The van der Waals surface area contributed by atoms with Crippen LogP contribution in [0.1, 0.15) is 0 Å². The number of rotatable bonds is 0. The number of hydrogen-bond acceptors (Lipinski definition) is 0. The van der Waals surface area contributed by atoms with Gasteiger partial charge in [-0.25, -0.2) is 4.39 Å². The highest BCUT2D eigenvalue weighted by Gasteiger charge is 1.92. The summed E-state index contributed by atoms with van der Waals surface area (Å²) < 4.78 is 12.9. The molecule has 1 heteroatoms. The van der Waals surface area contributed by atoms with E-state index in [1.54, 1.807) is 18.2 Å². The fraction of sp³-hybridized carbons (Fsp3) is 0. The van der Waals surface area contributed by atoms with Crippen molar-refractivity contribution < 1.29 is 4.39 Å². The van der Waals surface area contributed by atoms with E-state index in [9.17, 15) is 4.39 Å². The summed E-state index contributed by atoms with van der Waals surface area (Å²) >= 11 is 0. The minimum atomic E-state index is -0.237. The van der Waals surface area contributed by atoms with E-state index in [1.807, 2.05) is 6.07 Å². The monoisotopic (exact) mass is 144 g/mol. The van der Waals surface area contributed by atoms with Gasteiger partial charge < -0.3 is 0 Å². The van der Waals surface area contributed by atoms with Crippen LogP contribution >= 0.6 is 0 Å². The Morgan fingerprint density at radius 3 is 2.73 bits per heavy atom. The molecule has 0 N–H and O–H groups in total. The van der Waals surface area contributed by atoms with Gasteiger partial charge >= 0.3 is 0 Å². The Hall–Kier alpha value is -1.55. The fourth-order valence-corrected chi connectivity index (χ4v) is 1.05. The van der Waals surface area contributed by atoms with Gasteiger partial charge in [-0.2, -0.15) is 0 Å². The minimum Gasteiger partial charge on any atom is -0.206 e. The van der Waals surface area contributed by atoms with E-state index in [0.29, 0.717) is 5.22 Å². The highest BCUT2D eigenvalue weighted by Crippen LogP contribution is 1.84. The van der Waals surface area contributed by atoms with Gasteiger partial charge in [0, 0.05) is 5.22 Å². The van der Waals surface area contributed by atoms with Crippen LogP contribution in [0.25, 0.3) is 11.5 Å². The lowest BCUT2D eigenvalue weighted by atomic mass is 10.2. The summed E-state index contributed by atoms with van der Waals surface area (Å²) in [7, 11) is 0. The summed E-state index contributed by atoms with van der Waals surface area (Å²) in [6, 6.07) is 4.91. The highest BCUT2D eigenvalue weighted by atomic mass is 19.1. The number of allylic oxidation sites excluding steroid dienone is 2. The predicted molar refractivity (Wildman–Crippen MR) is 41.6 cm³/mol. The minimum absolute atomic E-state index is 0.237. The highest BCUT2D eigenvalue weighted by molar-refractivity contribution is 5.40. The predicted octanol–water partition coefficient (Wildman–Crippen LogP) is 0.711. The van der Waals surface area contributed by atoms with Crippen molar-refractivity contribution in [2.45, 2.75) is 0 Å². The lowest BCUT2D eigenvalue weighted by molar-refractivity contribution is 0.618. The summed E-state index contributed by atoms with van der Waals surface area (Å²) in [5.41, 5.74) is 5.73. The van der Waals surface area contributed by atoms with Gasteiger partial charge in [-0.3, -0.25) is 0 Å². The summed E-state index contributed by atoms with van der Waals surface area (Å²) in [6.07, 6.45) is 3.38. The van der Waals surface area contributed by atoms with Gasteiger partial charge in [-0.05, 0) is 24.3 Å². The van der Waals surface area contributed by atoms with E-state index in [4.69, 9.17) is 0 Å². The van der Waals surface area contributed by atoms with Crippen molar-refractivity contribution in [3.63, 3.8) is 0 Å². The van der Waals surface area contributed by atoms with Crippen molar-refractivity contribution in [2.75, 3.05) is 0 Å². The van der Waals surface area contributed by atoms with E-state index in [1.165, 1.54) is 6.07 Å². The van der Waals surface area contributed by atoms with Gasteiger partial charge in [0.05, 0.1) is 5.22 Å². The second-order valence-electron chi connectivity index (χ2n) is 2.28. The van der Waals surface area contributed by atoms with E-state index < -0.39 is 0 Å². The lowest BCUT2D eigenvalue weighted by Crippen LogP contribution is -2.26. The Morgan fingerprint density at radius 2 is 1.91 bits per heavy atom. The van der Waals surface area contributed by atoms with Gasteiger partial charge in [-0.1, -0.05) is 6.07 Å². The molecular formula is C10H5F. The van der Waals surface area contributed by atoms with Crippen molar-refractivity contribution in [1.29, 1.82) is 0 Å². The molecule has 0 saturated carbocycles. The molecule has 0 radical (unpaired) electrons. The van der Waals surface area contributed by atoms with Crippen LogP contribution in [0.2, 0.25) is 0 Å². The molecule has 0 aliphatic heterocycles. The van der Waals surface area contributed by atoms with Crippen molar-refractivity contribution in [3.8, 4) is 0 Å². The molecule has 11 heavy (non-hydrogen) atoms. The number of hydrogen-bond donors (Lipinski definition) is 0. The molecule has 0 amide bonds. The van der Waals surface area contributed by atoms with Gasteiger partial charge in [-0.15, -0.1) is 11.5 Å². The van der Waals surface area contributed by atoms with E-state index in [2.05, 4.69) is 11.5 Å². The van der Waals surface area contributed by atoms with Crippen molar-refractivity contribution in [2.24, 2.45) is 0 Å². The zero-order valence-electron chi connectivity index (χ0n) is 5.76. The topological polar surface area (TPSA) is 0 Å². The summed E-state index contributed by atoms with van der Waals surface area (Å²) in [4.78, 5) is 0. The average Bonchev–Trinajstić information content (AvgIpc) is 2.06. The molecule has 2 rings (SSSR count). The molecule has 1 aromatic rings. The average molecular weight is 144 g/mol. The molecule has 0 heterocycles. The second kappa shape index (κ2) is 2.25. The maximum Gasteiger partial charge on any atom is 0.139 e. The molecule has 1 aliphatic rings. The Balaban J connectivity index is 3.15. The fourth-order valence-electron chi connectivity index (χ4n) is 1.05. The van der Waals surface area contributed by atoms with Crippen molar-refractivity contribution in [3.05, 3.63) is 46.6 Å². The van der Waals surface area contributed by atoms with Crippen molar-refractivity contribution >= 4 is 11.5 Å². The third-order valence-corrected chi connectivity index (χ3v) is 1.56. The second-order valence-corrected chi connectivity index (χ2v) is 2.28. The standard InChI is InChI=1S/C10H5F/c11-10-7-3-5-8-4-1-2-6-9(8)10/h1-3,5,7H. The van der Waals surface area contributed by atoms with Crippen LogP contribution in [0, 0.1) is 5.82 Å². The third-order valence-electron chi connectivity index (χ3n) is 1.56. The number of benzene rings is 1. The van der Waals surface area contributed by atoms with Gasteiger partial charge in [0.15, 0.2) is 0 Å². The largest absolute Gasteiger partial charge is 0.206 e. The normalized spacial score (nSPS) is 11.7. The molecule has 0 bridgehead atoms. The molecular weight excluding hydrogens is 139 g/mol. The van der Waals surface area contributed by atoms with E-state index in [-0.39, 0.29) is 5.82 Å². The first-order valence-corrected chi connectivity index (χ1v) is 3.34. The van der Waals surface area contributed by atoms with Gasteiger partial charge in [0.25, 0.3) is 0 Å². The molecule has 0 fully saturated rings. The molecule has 0 spiro atoms. The van der Waals surface area contributed by atoms with Crippen LogP contribution < -0.4 is 10.4 Å². The zero-order chi connectivity index (χ0) is 7.68. The SMILES string of the molecule is Fc1cccc2c1=C=CC=C=2. The third kappa shape index (κ3) is 0.929. The molecule has 0 aromatic heterocycles. The molecule has 0 nitrogen and oxygen atoms in total. The van der Waals surface area contributed by atoms with E-state index in [0.717, 1.165) is 5.22 Å². The first-order chi connectivity index (χ1) is 5.38. The van der Waals surface area contributed by atoms with Crippen LogP contribution in [0.5, 0.6) is 0 Å².